The first-order valence-corrected chi connectivity index (χ1v) is 11.4. The Kier molecular flexibility index (Phi) is 7.78. The molecule has 0 aromatic heterocycles. The summed E-state index contributed by atoms with van der Waals surface area (Å²) in [5.74, 6) is -0.0702. The molecule has 2 aromatic carbocycles. The second kappa shape index (κ2) is 10.4. The molecule has 1 aliphatic heterocycles. The zero-order chi connectivity index (χ0) is 24.2. The summed E-state index contributed by atoms with van der Waals surface area (Å²) in [7, 11) is 0. The van der Waals surface area contributed by atoms with E-state index in [4.69, 9.17) is 22.9 Å². The minimum Gasteiger partial charge on any atom is -0.444 e. The van der Waals surface area contributed by atoms with Crippen LogP contribution >= 0.6 is 11.6 Å². The quantitative estimate of drug-likeness (QED) is 0.414. The van der Waals surface area contributed by atoms with Gasteiger partial charge in [-0.3, -0.25) is 9.69 Å². The van der Waals surface area contributed by atoms with E-state index in [1.165, 1.54) is 0 Å². The molecule has 2 aromatic rings. The van der Waals surface area contributed by atoms with Gasteiger partial charge in [0.05, 0.1) is 6.57 Å². The first-order valence-electron chi connectivity index (χ1n) is 11.1. The molecule has 6 nitrogen and oxygen atoms in total. The fraction of sp³-hybridized carbons (Fsp3) is 0.423. The second-order valence-electron chi connectivity index (χ2n) is 9.41. The van der Waals surface area contributed by atoms with Crippen LogP contribution in [-0.2, 0) is 17.7 Å². The molecule has 7 heteroatoms. The van der Waals surface area contributed by atoms with Crippen LogP contribution < -0.4 is 0 Å². The summed E-state index contributed by atoms with van der Waals surface area (Å²) in [5.41, 5.74) is 2.16. The Labute approximate surface area is 200 Å². The first-order chi connectivity index (χ1) is 15.6. The van der Waals surface area contributed by atoms with Crippen LogP contribution in [0.3, 0.4) is 0 Å². The molecule has 1 amide bonds. The zero-order valence-electron chi connectivity index (χ0n) is 19.6. The number of ketones is 1. The van der Waals surface area contributed by atoms with Gasteiger partial charge in [0.15, 0.2) is 11.5 Å². The van der Waals surface area contributed by atoms with Crippen LogP contribution in [0.1, 0.15) is 49.2 Å². The van der Waals surface area contributed by atoms with E-state index in [1.54, 1.807) is 29.2 Å². The highest BCUT2D eigenvalue weighted by Gasteiger charge is 2.31. The van der Waals surface area contributed by atoms with Gasteiger partial charge in [-0.05, 0) is 44.9 Å². The van der Waals surface area contributed by atoms with Crippen molar-refractivity contribution < 1.29 is 14.3 Å². The average Bonchev–Trinajstić information content (AvgIpc) is 2.75. The molecular weight excluding hydrogens is 438 g/mol. The summed E-state index contributed by atoms with van der Waals surface area (Å²) in [6, 6.07) is 12.5. The van der Waals surface area contributed by atoms with E-state index < -0.39 is 5.60 Å². The van der Waals surface area contributed by atoms with Crippen molar-refractivity contribution in [2.75, 3.05) is 19.6 Å². The Hall–Kier alpha value is -2.88. The highest BCUT2D eigenvalue weighted by Crippen LogP contribution is 2.26. The van der Waals surface area contributed by atoms with Crippen LogP contribution in [0.5, 0.6) is 0 Å². The number of Topliss-reactive ketones (excluding diaryl/α,β-unsaturated/α-hetero) is 1. The molecular formula is C26H30ClN3O3. The topological polar surface area (TPSA) is 54.2 Å². The van der Waals surface area contributed by atoms with Gasteiger partial charge < -0.3 is 9.64 Å². The molecule has 1 fully saturated rings. The van der Waals surface area contributed by atoms with E-state index >= 15 is 0 Å². The number of carbonyl (C=O) groups excluding carboxylic acids is 2. The molecule has 0 aliphatic carbocycles. The number of benzene rings is 2. The van der Waals surface area contributed by atoms with Gasteiger partial charge in [-0.1, -0.05) is 48.0 Å². The van der Waals surface area contributed by atoms with E-state index in [0.29, 0.717) is 42.5 Å². The number of amides is 1. The van der Waals surface area contributed by atoms with E-state index in [0.717, 1.165) is 11.1 Å². The molecule has 0 unspecified atom stereocenters. The number of rotatable bonds is 5. The van der Waals surface area contributed by atoms with E-state index in [9.17, 15) is 9.59 Å². The van der Waals surface area contributed by atoms with Crippen molar-refractivity contribution in [1.29, 1.82) is 0 Å². The molecule has 0 N–H and O–H groups in total. The summed E-state index contributed by atoms with van der Waals surface area (Å²) in [5, 5.41) is 0.592. The van der Waals surface area contributed by atoms with Crippen LogP contribution in [0, 0.1) is 6.57 Å². The van der Waals surface area contributed by atoms with Crippen LogP contribution in [0.4, 0.5) is 10.5 Å². The SMILES string of the molecule is [C-]#[N+]c1cccc(C(=O)Cc2cccc(CN3CCN(C(=O)OC(C)(C)C)[C@@H](C)C3)c2Cl)c1. The summed E-state index contributed by atoms with van der Waals surface area (Å²) < 4.78 is 5.52. The molecule has 1 heterocycles. The number of nitrogens with zero attached hydrogens (tertiary/aromatic N) is 3. The Morgan fingerprint density at radius 2 is 1.85 bits per heavy atom. The van der Waals surface area contributed by atoms with Gasteiger partial charge in [0.25, 0.3) is 0 Å². The number of carbonyl (C=O) groups is 2. The molecule has 1 atom stereocenters. The minimum atomic E-state index is -0.517. The van der Waals surface area contributed by atoms with E-state index in [2.05, 4.69) is 9.74 Å². The highest BCUT2D eigenvalue weighted by atomic mass is 35.5. The third kappa shape index (κ3) is 6.56. The maximum Gasteiger partial charge on any atom is 0.410 e. The summed E-state index contributed by atoms with van der Waals surface area (Å²) in [6.07, 6.45) is -0.104. The van der Waals surface area contributed by atoms with Crippen molar-refractivity contribution in [2.45, 2.75) is 52.3 Å². The lowest BCUT2D eigenvalue weighted by Crippen LogP contribution is -2.54. The molecule has 1 saturated heterocycles. The Morgan fingerprint density at radius 3 is 2.52 bits per heavy atom. The first kappa shape index (κ1) is 24.8. The standard InChI is InChI=1S/C26H30ClN3O3/c1-18-16-29(12-13-30(18)25(32)33-26(2,3)4)17-21-10-6-9-20(24(21)27)15-23(31)19-8-7-11-22(14-19)28-5/h6-11,14,18H,12-13,15-17H2,1-4H3/t18-/m0/s1. The normalized spacial score (nSPS) is 16.8. The molecule has 3 rings (SSSR count). The van der Waals surface area contributed by atoms with Crippen LogP contribution in [-0.4, -0.2) is 53.0 Å². The molecule has 1 aliphatic rings. The highest BCUT2D eigenvalue weighted by molar-refractivity contribution is 6.32. The number of hydrogen-bond donors (Lipinski definition) is 0. The van der Waals surface area contributed by atoms with Gasteiger partial charge in [-0.15, -0.1) is 0 Å². The smallest absolute Gasteiger partial charge is 0.410 e. The van der Waals surface area contributed by atoms with Crippen LogP contribution in [0.2, 0.25) is 5.02 Å². The largest absolute Gasteiger partial charge is 0.444 e. The maximum atomic E-state index is 12.8. The van der Waals surface area contributed by atoms with Crippen LogP contribution in [0.15, 0.2) is 42.5 Å². The zero-order valence-corrected chi connectivity index (χ0v) is 20.4. The van der Waals surface area contributed by atoms with Gasteiger partial charge in [0.1, 0.15) is 5.60 Å². The number of piperazine rings is 1. The van der Waals surface area contributed by atoms with Gasteiger partial charge in [-0.25, -0.2) is 9.64 Å². The fourth-order valence-electron chi connectivity index (χ4n) is 3.92. The van der Waals surface area contributed by atoms with Crippen molar-refractivity contribution in [2.24, 2.45) is 0 Å². The van der Waals surface area contributed by atoms with Crippen LogP contribution in [0.25, 0.3) is 4.85 Å². The van der Waals surface area contributed by atoms with E-state index in [1.807, 2.05) is 45.9 Å². The van der Waals surface area contributed by atoms with Gasteiger partial charge in [0.2, 0.25) is 0 Å². The lowest BCUT2D eigenvalue weighted by molar-refractivity contribution is 0.000556. The number of hydrogen-bond acceptors (Lipinski definition) is 4. The van der Waals surface area contributed by atoms with Crippen molar-refractivity contribution in [1.82, 2.24) is 9.80 Å². The lowest BCUT2D eigenvalue weighted by Gasteiger charge is -2.40. The second-order valence-corrected chi connectivity index (χ2v) is 9.79. The van der Waals surface area contributed by atoms with Crippen molar-refractivity contribution in [3.05, 3.63) is 75.6 Å². The molecule has 0 radical (unpaired) electrons. The average molecular weight is 468 g/mol. The van der Waals surface area contributed by atoms with Crippen molar-refractivity contribution >= 4 is 29.2 Å². The Balaban J connectivity index is 1.65. The lowest BCUT2D eigenvalue weighted by atomic mass is 10.0. The van der Waals surface area contributed by atoms with E-state index in [-0.39, 0.29) is 24.3 Å². The molecule has 0 bridgehead atoms. The van der Waals surface area contributed by atoms with Gasteiger partial charge in [0, 0.05) is 49.2 Å². The summed E-state index contributed by atoms with van der Waals surface area (Å²) in [6.45, 7) is 17.4. The van der Waals surface area contributed by atoms with Crippen molar-refractivity contribution in [3.63, 3.8) is 0 Å². The minimum absolute atomic E-state index is 0.0202. The number of halogens is 1. The fourth-order valence-corrected chi connectivity index (χ4v) is 4.18. The predicted molar refractivity (Wildman–Crippen MR) is 130 cm³/mol. The third-order valence-corrected chi connectivity index (χ3v) is 6.03. The van der Waals surface area contributed by atoms with Crippen molar-refractivity contribution in [3.8, 4) is 0 Å². The summed E-state index contributed by atoms with van der Waals surface area (Å²) in [4.78, 5) is 32.6. The monoisotopic (exact) mass is 467 g/mol. The summed E-state index contributed by atoms with van der Waals surface area (Å²) >= 11 is 6.69. The third-order valence-electron chi connectivity index (χ3n) is 5.54. The molecule has 0 spiro atoms. The van der Waals surface area contributed by atoms with Gasteiger partial charge in [-0.2, -0.15) is 0 Å². The molecule has 174 valence electrons. The number of ether oxygens (including phenoxy) is 1. The molecule has 33 heavy (non-hydrogen) atoms. The predicted octanol–water partition coefficient (Wildman–Crippen LogP) is 5.76. The Morgan fingerprint density at radius 1 is 1.15 bits per heavy atom. The Bertz CT molecular complexity index is 1070. The van der Waals surface area contributed by atoms with Gasteiger partial charge >= 0.3 is 6.09 Å². The maximum absolute atomic E-state index is 12.8. The molecule has 0 saturated carbocycles.